The van der Waals surface area contributed by atoms with Crippen LogP contribution in [0.2, 0.25) is 0 Å². The molecule has 0 unspecified atom stereocenters. The number of carbonyl (C=O) groups excluding carboxylic acids is 2. The third kappa shape index (κ3) is 15.4. The zero-order valence-corrected chi connectivity index (χ0v) is 14.0. The Morgan fingerprint density at radius 2 is 1.29 bits per heavy atom. The minimum absolute atomic E-state index is 0.170. The number of ether oxygens (including phenoxy) is 2. The highest BCUT2D eigenvalue weighted by Gasteiger charge is 2.05. The summed E-state index contributed by atoms with van der Waals surface area (Å²) in [6.07, 6.45) is 8.08. The molecule has 4 nitrogen and oxygen atoms in total. The SMILES string of the molecule is CCCCOC(=O)CCCCC(=O)OCCCCCCCl. The van der Waals surface area contributed by atoms with Gasteiger partial charge >= 0.3 is 11.9 Å². The number of carbonyl (C=O) groups is 2. The molecule has 0 aromatic heterocycles. The Morgan fingerprint density at radius 1 is 0.762 bits per heavy atom. The van der Waals surface area contributed by atoms with Crippen molar-refractivity contribution >= 4 is 23.5 Å². The molecular formula is C16H29ClO4. The number of hydrogen-bond donors (Lipinski definition) is 0. The fraction of sp³-hybridized carbons (Fsp3) is 0.875. The molecule has 0 radical (unpaired) electrons. The molecule has 124 valence electrons. The molecule has 0 aliphatic carbocycles. The summed E-state index contributed by atoms with van der Waals surface area (Å²) < 4.78 is 10.2. The molecule has 0 aromatic rings. The summed E-state index contributed by atoms with van der Waals surface area (Å²) in [6.45, 7) is 3.04. The van der Waals surface area contributed by atoms with E-state index in [0.717, 1.165) is 38.5 Å². The lowest BCUT2D eigenvalue weighted by Gasteiger charge is -2.05. The summed E-state index contributed by atoms with van der Waals surface area (Å²) in [4.78, 5) is 22.7. The molecule has 0 saturated carbocycles. The standard InChI is InChI=1S/C16H29ClO4/c1-2-3-13-20-15(18)10-6-7-11-16(19)21-14-9-5-4-8-12-17/h2-14H2,1H3. The molecule has 0 saturated heterocycles. The fourth-order valence-electron chi connectivity index (χ4n) is 1.75. The van der Waals surface area contributed by atoms with Crippen molar-refractivity contribution in [3.05, 3.63) is 0 Å². The van der Waals surface area contributed by atoms with Gasteiger partial charge in [0.05, 0.1) is 13.2 Å². The molecule has 0 N–H and O–H groups in total. The molecule has 0 rings (SSSR count). The molecule has 0 aliphatic rings. The number of alkyl halides is 1. The molecule has 0 bridgehead atoms. The fourth-order valence-corrected chi connectivity index (χ4v) is 1.94. The van der Waals surface area contributed by atoms with Gasteiger partial charge in [-0.2, -0.15) is 0 Å². The summed E-state index contributed by atoms with van der Waals surface area (Å²) >= 11 is 5.58. The minimum atomic E-state index is -0.174. The first-order valence-electron chi connectivity index (χ1n) is 8.08. The maximum absolute atomic E-state index is 11.4. The summed E-state index contributed by atoms with van der Waals surface area (Å²) in [6, 6.07) is 0. The van der Waals surface area contributed by atoms with Crippen LogP contribution in [0, 0.1) is 0 Å². The van der Waals surface area contributed by atoms with Crippen LogP contribution < -0.4 is 0 Å². The Kier molecular flexibility index (Phi) is 15.0. The number of halogens is 1. The molecule has 0 aromatic carbocycles. The molecule has 0 aliphatic heterocycles. The van der Waals surface area contributed by atoms with Crippen LogP contribution in [0.5, 0.6) is 0 Å². The number of hydrogen-bond acceptors (Lipinski definition) is 4. The van der Waals surface area contributed by atoms with Crippen molar-refractivity contribution in [1.29, 1.82) is 0 Å². The first kappa shape index (κ1) is 20.2. The monoisotopic (exact) mass is 320 g/mol. The normalized spacial score (nSPS) is 10.4. The molecule has 0 atom stereocenters. The van der Waals surface area contributed by atoms with E-state index in [2.05, 4.69) is 6.92 Å². The van der Waals surface area contributed by atoms with Crippen LogP contribution in [0.1, 0.15) is 71.1 Å². The van der Waals surface area contributed by atoms with Crippen molar-refractivity contribution in [3.63, 3.8) is 0 Å². The highest BCUT2D eigenvalue weighted by Crippen LogP contribution is 2.05. The van der Waals surface area contributed by atoms with Gasteiger partial charge in [-0.05, 0) is 32.1 Å². The van der Waals surface area contributed by atoms with Gasteiger partial charge in [-0.25, -0.2) is 0 Å². The van der Waals surface area contributed by atoms with Gasteiger partial charge in [-0.3, -0.25) is 9.59 Å². The maximum atomic E-state index is 11.4. The lowest BCUT2D eigenvalue weighted by atomic mass is 10.2. The van der Waals surface area contributed by atoms with E-state index in [0.29, 0.717) is 44.8 Å². The molecule has 5 heteroatoms. The Labute approximate surface area is 133 Å². The van der Waals surface area contributed by atoms with Crippen molar-refractivity contribution in [3.8, 4) is 0 Å². The van der Waals surface area contributed by atoms with Crippen molar-refractivity contribution in [2.75, 3.05) is 19.1 Å². The van der Waals surface area contributed by atoms with Crippen LogP contribution in [0.4, 0.5) is 0 Å². The summed E-state index contributed by atoms with van der Waals surface area (Å²) in [5, 5.41) is 0. The first-order valence-corrected chi connectivity index (χ1v) is 8.61. The first-order chi connectivity index (χ1) is 10.2. The van der Waals surface area contributed by atoms with E-state index in [1.165, 1.54) is 0 Å². The second kappa shape index (κ2) is 15.6. The average molecular weight is 321 g/mol. The van der Waals surface area contributed by atoms with Gasteiger partial charge < -0.3 is 9.47 Å². The van der Waals surface area contributed by atoms with Gasteiger partial charge in [0, 0.05) is 18.7 Å². The second-order valence-electron chi connectivity index (χ2n) is 5.10. The van der Waals surface area contributed by atoms with Gasteiger partial charge in [-0.15, -0.1) is 11.6 Å². The zero-order chi connectivity index (χ0) is 15.8. The molecule has 0 fully saturated rings. The Bertz CT molecular complexity index is 269. The van der Waals surface area contributed by atoms with Crippen molar-refractivity contribution in [1.82, 2.24) is 0 Å². The maximum Gasteiger partial charge on any atom is 0.305 e. The Hall–Kier alpha value is -0.770. The highest BCUT2D eigenvalue weighted by atomic mass is 35.5. The molecular weight excluding hydrogens is 292 g/mol. The smallest absolute Gasteiger partial charge is 0.305 e. The summed E-state index contributed by atoms with van der Waals surface area (Å²) in [7, 11) is 0. The van der Waals surface area contributed by atoms with Gasteiger partial charge in [0.15, 0.2) is 0 Å². The number of rotatable bonds is 14. The van der Waals surface area contributed by atoms with Crippen LogP contribution in [-0.4, -0.2) is 31.0 Å². The van der Waals surface area contributed by atoms with E-state index in [1.807, 2.05) is 0 Å². The quantitative estimate of drug-likeness (QED) is 0.273. The van der Waals surface area contributed by atoms with Crippen LogP contribution in [0.3, 0.4) is 0 Å². The van der Waals surface area contributed by atoms with E-state index >= 15 is 0 Å². The average Bonchev–Trinajstić information content (AvgIpc) is 2.47. The van der Waals surface area contributed by atoms with Crippen LogP contribution in [0.25, 0.3) is 0 Å². The summed E-state index contributed by atoms with van der Waals surface area (Å²) in [5.41, 5.74) is 0. The van der Waals surface area contributed by atoms with Crippen LogP contribution in [-0.2, 0) is 19.1 Å². The second-order valence-corrected chi connectivity index (χ2v) is 5.48. The Balaban J connectivity index is 3.31. The van der Waals surface area contributed by atoms with E-state index in [1.54, 1.807) is 0 Å². The van der Waals surface area contributed by atoms with Gasteiger partial charge in [0.25, 0.3) is 0 Å². The van der Waals surface area contributed by atoms with Crippen molar-refractivity contribution < 1.29 is 19.1 Å². The molecule has 0 spiro atoms. The van der Waals surface area contributed by atoms with Gasteiger partial charge in [-0.1, -0.05) is 26.2 Å². The lowest BCUT2D eigenvalue weighted by Crippen LogP contribution is -2.08. The van der Waals surface area contributed by atoms with Crippen LogP contribution >= 0.6 is 11.6 Å². The van der Waals surface area contributed by atoms with E-state index < -0.39 is 0 Å². The van der Waals surface area contributed by atoms with Crippen molar-refractivity contribution in [2.45, 2.75) is 71.1 Å². The molecule has 21 heavy (non-hydrogen) atoms. The largest absolute Gasteiger partial charge is 0.466 e. The van der Waals surface area contributed by atoms with E-state index in [-0.39, 0.29) is 11.9 Å². The third-order valence-corrected chi connectivity index (χ3v) is 3.33. The van der Waals surface area contributed by atoms with Gasteiger partial charge in [0.2, 0.25) is 0 Å². The predicted octanol–water partition coefficient (Wildman–Crippen LogP) is 4.23. The minimum Gasteiger partial charge on any atom is -0.466 e. The highest BCUT2D eigenvalue weighted by molar-refractivity contribution is 6.17. The Morgan fingerprint density at radius 3 is 1.81 bits per heavy atom. The molecule has 0 heterocycles. The zero-order valence-electron chi connectivity index (χ0n) is 13.2. The van der Waals surface area contributed by atoms with Crippen molar-refractivity contribution in [2.24, 2.45) is 0 Å². The third-order valence-electron chi connectivity index (χ3n) is 3.06. The number of unbranched alkanes of at least 4 members (excludes halogenated alkanes) is 5. The van der Waals surface area contributed by atoms with Gasteiger partial charge in [0.1, 0.15) is 0 Å². The topological polar surface area (TPSA) is 52.6 Å². The van der Waals surface area contributed by atoms with Crippen LogP contribution in [0.15, 0.2) is 0 Å². The summed E-state index contributed by atoms with van der Waals surface area (Å²) in [5.74, 6) is 0.350. The molecule has 0 amide bonds. The number of esters is 2. The van der Waals surface area contributed by atoms with E-state index in [9.17, 15) is 9.59 Å². The lowest BCUT2D eigenvalue weighted by molar-refractivity contribution is -0.146. The van der Waals surface area contributed by atoms with E-state index in [4.69, 9.17) is 21.1 Å². The predicted molar refractivity (Wildman–Crippen MR) is 84.5 cm³/mol.